The third-order valence-corrected chi connectivity index (χ3v) is 5.76. The van der Waals surface area contributed by atoms with Gasteiger partial charge in [0, 0.05) is 11.4 Å². The number of amides is 2. The van der Waals surface area contributed by atoms with E-state index >= 15 is 0 Å². The van der Waals surface area contributed by atoms with Gasteiger partial charge in [-0.15, -0.1) is 11.8 Å². The van der Waals surface area contributed by atoms with Gasteiger partial charge in [0.1, 0.15) is 12.7 Å². The molecule has 4 rings (SSSR count). The standard InChI is InChI=1S/C19H18N6OS2/c1-27-15-4-2-3-13(9-15)14-5-6-16-17(10-14)28-19(23-16)24-18(26)21-7-8-25-12-20-11-22-25/h2-6,9-12H,7-8H2,1H3,(H2,21,23,24,26). The van der Waals surface area contributed by atoms with Crippen molar-refractivity contribution in [3.63, 3.8) is 0 Å². The number of nitrogens with zero attached hydrogens (tertiary/aromatic N) is 4. The molecule has 2 heterocycles. The summed E-state index contributed by atoms with van der Waals surface area (Å²) in [6, 6.07) is 14.3. The van der Waals surface area contributed by atoms with Gasteiger partial charge in [0.2, 0.25) is 0 Å². The summed E-state index contributed by atoms with van der Waals surface area (Å²) in [5.41, 5.74) is 3.17. The Morgan fingerprint density at radius 3 is 2.93 bits per heavy atom. The quantitative estimate of drug-likeness (QED) is 0.468. The van der Waals surface area contributed by atoms with Crippen molar-refractivity contribution in [2.45, 2.75) is 11.4 Å². The lowest BCUT2D eigenvalue weighted by atomic mass is 10.1. The number of fused-ring (bicyclic) bond motifs is 1. The predicted molar refractivity (Wildman–Crippen MR) is 114 cm³/mol. The summed E-state index contributed by atoms with van der Waals surface area (Å²) in [7, 11) is 0. The topological polar surface area (TPSA) is 84.7 Å². The van der Waals surface area contributed by atoms with Crippen LogP contribution < -0.4 is 10.6 Å². The molecule has 0 unspecified atom stereocenters. The molecule has 9 heteroatoms. The number of hydrogen-bond donors (Lipinski definition) is 2. The Kier molecular flexibility index (Phi) is 5.54. The van der Waals surface area contributed by atoms with Crippen LogP contribution in [0.25, 0.3) is 21.3 Å². The van der Waals surface area contributed by atoms with Gasteiger partial charge in [-0.25, -0.2) is 14.8 Å². The monoisotopic (exact) mass is 410 g/mol. The van der Waals surface area contributed by atoms with Gasteiger partial charge < -0.3 is 5.32 Å². The minimum Gasteiger partial charge on any atom is -0.336 e. The molecule has 0 aliphatic carbocycles. The zero-order valence-corrected chi connectivity index (χ0v) is 16.8. The van der Waals surface area contributed by atoms with Gasteiger partial charge in [0.15, 0.2) is 5.13 Å². The molecule has 0 spiro atoms. The number of thioether (sulfide) groups is 1. The van der Waals surface area contributed by atoms with Crippen molar-refractivity contribution in [1.29, 1.82) is 0 Å². The van der Waals surface area contributed by atoms with Gasteiger partial charge >= 0.3 is 6.03 Å². The summed E-state index contributed by atoms with van der Waals surface area (Å²) in [4.78, 5) is 21.7. The lowest BCUT2D eigenvalue weighted by Gasteiger charge is -2.04. The number of thiazole rings is 1. The van der Waals surface area contributed by atoms with Crippen molar-refractivity contribution in [2.75, 3.05) is 18.1 Å². The van der Waals surface area contributed by atoms with Crippen LogP contribution in [-0.2, 0) is 6.54 Å². The van der Waals surface area contributed by atoms with Crippen molar-refractivity contribution in [2.24, 2.45) is 0 Å². The highest BCUT2D eigenvalue weighted by Crippen LogP contribution is 2.31. The molecule has 0 fully saturated rings. The molecular formula is C19H18N6OS2. The Hall–Kier alpha value is -2.91. The van der Waals surface area contributed by atoms with Gasteiger partial charge in [-0.2, -0.15) is 5.10 Å². The number of nitrogens with one attached hydrogen (secondary N) is 2. The molecule has 0 saturated carbocycles. The first-order valence-electron chi connectivity index (χ1n) is 8.63. The van der Waals surface area contributed by atoms with Crippen LogP contribution in [0.4, 0.5) is 9.93 Å². The maximum Gasteiger partial charge on any atom is 0.321 e. The van der Waals surface area contributed by atoms with Gasteiger partial charge in [0.05, 0.1) is 16.8 Å². The van der Waals surface area contributed by atoms with Crippen LogP contribution in [0.2, 0.25) is 0 Å². The van der Waals surface area contributed by atoms with E-state index in [2.05, 4.69) is 68.4 Å². The molecule has 0 aliphatic heterocycles. The van der Waals surface area contributed by atoms with Gasteiger partial charge in [0.25, 0.3) is 0 Å². The Bertz CT molecular complexity index is 1090. The fourth-order valence-corrected chi connectivity index (χ4v) is 4.09. The summed E-state index contributed by atoms with van der Waals surface area (Å²) in [6.07, 6.45) is 5.15. The van der Waals surface area contributed by atoms with E-state index in [0.29, 0.717) is 18.2 Å². The number of aromatic nitrogens is 4. The molecule has 2 amide bonds. The molecule has 0 bridgehead atoms. The highest BCUT2D eigenvalue weighted by Gasteiger charge is 2.09. The average Bonchev–Trinajstić information content (AvgIpc) is 3.36. The minimum atomic E-state index is -0.285. The lowest BCUT2D eigenvalue weighted by molar-refractivity contribution is 0.251. The van der Waals surface area contributed by atoms with Crippen LogP contribution in [0.15, 0.2) is 60.0 Å². The molecule has 2 N–H and O–H groups in total. The van der Waals surface area contributed by atoms with Crippen LogP contribution in [-0.4, -0.2) is 38.6 Å². The smallest absolute Gasteiger partial charge is 0.321 e. The molecule has 28 heavy (non-hydrogen) atoms. The Morgan fingerprint density at radius 1 is 1.21 bits per heavy atom. The summed E-state index contributed by atoms with van der Waals surface area (Å²) in [5, 5.41) is 10.2. The summed E-state index contributed by atoms with van der Waals surface area (Å²) in [6.45, 7) is 1.02. The van der Waals surface area contributed by atoms with Crippen molar-refractivity contribution < 1.29 is 4.79 Å². The van der Waals surface area contributed by atoms with E-state index in [1.54, 1.807) is 22.8 Å². The third kappa shape index (κ3) is 4.32. The first-order chi connectivity index (χ1) is 13.7. The van der Waals surface area contributed by atoms with Crippen LogP contribution in [0.3, 0.4) is 0 Å². The minimum absolute atomic E-state index is 0.285. The van der Waals surface area contributed by atoms with E-state index in [1.165, 1.54) is 28.1 Å². The summed E-state index contributed by atoms with van der Waals surface area (Å²) >= 11 is 3.18. The fraction of sp³-hybridized carbons (Fsp3) is 0.158. The Balaban J connectivity index is 1.43. The second-order valence-electron chi connectivity index (χ2n) is 5.97. The predicted octanol–water partition coefficient (Wildman–Crippen LogP) is 4.10. The van der Waals surface area contributed by atoms with Gasteiger partial charge in [-0.3, -0.25) is 10.00 Å². The van der Waals surface area contributed by atoms with Gasteiger partial charge in [-0.1, -0.05) is 29.5 Å². The Morgan fingerprint density at radius 2 is 2.11 bits per heavy atom. The summed E-state index contributed by atoms with van der Waals surface area (Å²) in [5.74, 6) is 0. The van der Waals surface area contributed by atoms with E-state index in [4.69, 9.17) is 0 Å². The first kappa shape index (κ1) is 18.5. The lowest BCUT2D eigenvalue weighted by Crippen LogP contribution is -2.31. The number of anilines is 1. The maximum absolute atomic E-state index is 12.1. The summed E-state index contributed by atoms with van der Waals surface area (Å²) < 4.78 is 2.69. The maximum atomic E-state index is 12.1. The molecule has 4 aromatic rings. The number of carbonyl (C=O) groups excluding carboxylic acids is 1. The van der Waals surface area contributed by atoms with E-state index < -0.39 is 0 Å². The van der Waals surface area contributed by atoms with E-state index in [0.717, 1.165) is 15.8 Å². The van der Waals surface area contributed by atoms with E-state index in [-0.39, 0.29) is 6.03 Å². The molecule has 7 nitrogen and oxygen atoms in total. The highest BCUT2D eigenvalue weighted by molar-refractivity contribution is 7.98. The normalized spacial score (nSPS) is 10.9. The van der Waals surface area contributed by atoms with Crippen LogP contribution in [0.5, 0.6) is 0 Å². The van der Waals surface area contributed by atoms with Crippen molar-refractivity contribution >= 4 is 44.5 Å². The van der Waals surface area contributed by atoms with E-state index in [9.17, 15) is 4.79 Å². The largest absolute Gasteiger partial charge is 0.336 e. The molecule has 2 aromatic heterocycles. The molecule has 2 aromatic carbocycles. The Labute approximate surface area is 170 Å². The molecular weight excluding hydrogens is 392 g/mol. The number of urea groups is 1. The van der Waals surface area contributed by atoms with Crippen molar-refractivity contribution in [3.05, 3.63) is 55.1 Å². The zero-order chi connectivity index (χ0) is 19.3. The zero-order valence-electron chi connectivity index (χ0n) is 15.1. The van der Waals surface area contributed by atoms with Crippen molar-refractivity contribution in [1.82, 2.24) is 25.1 Å². The highest BCUT2D eigenvalue weighted by atomic mass is 32.2. The molecule has 0 saturated heterocycles. The van der Waals surface area contributed by atoms with Crippen molar-refractivity contribution in [3.8, 4) is 11.1 Å². The SMILES string of the molecule is CSc1cccc(-c2ccc3nc(NC(=O)NCCn4cncn4)sc3c2)c1. The fourth-order valence-electron chi connectivity index (χ4n) is 2.73. The van der Waals surface area contributed by atoms with E-state index in [1.807, 2.05) is 6.07 Å². The average molecular weight is 411 g/mol. The molecule has 0 radical (unpaired) electrons. The number of hydrogen-bond acceptors (Lipinski definition) is 6. The number of benzene rings is 2. The molecule has 0 aliphatic rings. The van der Waals surface area contributed by atoms with Crippen LogP contribution in [0.1, 0.15) is 0 Å². The second kappa shape index (κ2) is 8.41. The molecule has 142 valence electrons. The third-order valence-electron chi connectivity index (χ3n) is 4.11. The van der Waals surface area contributed by atoms with Crippen LogP contribution >= 0.6 is 23.1 Å². The van der Waals surface area contributed by atoms with Gasteiger partial charge in [-0.05, 0) is 41.6 Å². The first-order valence-corrected chi connectivity index (χ1v) is 10.7. The second-order valence-corrected chi connectivity index (χ2v) is 7.88. The number of carbonyl (C=O) groups is 1. The van der Waals surface area contributed by atoms with Crippen LogP contribution in [0, 0.1) is 0 Å². The number of rotatable bonds is 6. The molecule has 0 atom stereocenters.